The molecule has 0 radical (unpaired) electrons. The average molecular weight is 296 g/mol. The van der Waals surface area contributed by atoms with Gasteiger partial charge in [-0.1, -0.05) is 24.3 Å². The summed E-state index contributed by atoms with van der Waals surface area (Å²) in [6.45, 7) is 0. The van der Waals surface area contributed by atoms with Crippen LogP contribution in [-0.4, -0.2) is 36.2 Å². The monoisotopic (exact) mass is 296 g/mol. The smallest absolute Gasteiger partial charge is 0.160 e. The lowest BCUT2D eigenvalue weighted by Crippen LogP contribution is -2.20. The molecule has 0 bridgehead atoms. The summed E-state index contributed by atoms with van der Waals surface area (Å²) < 4.78 is 5.13. The van der Waals surface area contributed by atoms with Crippen LogP contribution < -0.4 is 4.74 Å². The molecule has 1 unspecified atom stereocenters. The minimum atomic E-state index is 0.0490. The largest absolute Gasteiger partial charge is 0.504 e. The second-order valence-electron chi connectivity index (χ2n) is 5.59. The zero-order valence-corrected chi connectivity index (χ0v) is 13.0. The quantitative estimate of drug-likeness (QED) is 0.774. The summed E-state index contributed by atoms with van der Waals surface area (Å²) in [5.41, 5.74) is 3.32. The number of hydrogen-bond acceptors (Lipinski definition) is 3. The van der Waals surface area contributed by atoms with Gasteiger partial charge in [-0.15, -0.1) is 0 Å². The number of ether oxygens (including phenoxy) is 1. The van der Waals surface area contributed by atoms with E-state index in [1.807, 2.05) is 38.5 Å². The zero-order valence-electron chi connectivity index (χ0n) is 13.0. The summed E-state index contributed by atoms with van der Waals surface area (Å²) in [5, 5.41) is 11.3. The van der Waals surface area contributed by atoms with E-state index in [1.165, 1.54) is 10.9 Å². The molecule has 4 nitrogen and oxygen atoms in total. The molecule has 0 spiro atoms. The van der Waals surface area contributed by atoms with E-state index in [2.05, 4.69) is 22.0 Å². The van der Waals surface area contributed by atoms with Gasteiger partial charge in [0.1, 0.15) is 0 Å². The molecule has 0 aliphatic heterocycles. The fraction of sp³-hybridized carbons (Fsp3) is 0.222. The number of rotatable bonds is 4. The molecule has 22 heavy (non-hydrogen) atoms. The molecule has 0 amide bonds. The molecule has 0 saturated carbocycles. The molecular weight excluding hydrogens is 276 g/mol. The van der Waals surface area contributed by atoms with Crippen LogP contribution in [0.1, 0.15) is 17.2 Å². The van der Waals surface area contributed by atoms with Crippen molar-refractivity contribution in [2.75, 3.05) is 21.2 Å². The molecular formula is C18H20N2O2. The molecule has 3 rings (SSSR count). The van der Waals surface area contributed by atoms with Crippen LogP contribution in [0, 0.1) is 0 Å². The fourth-order valence-electron chi connectivity index (χ4n) is 2.95. The Hall–Kier alpha value is -2.46. The third-order valence-corrected chi connectivity index (χ3v) is 3.95. The Kier molecular flexibility index (Phi) is 3.77. The molecule has 3 aromatic rings. The number of fused-ring (bicyclic) bond motifs is 1. The SMILES string of the molecule is COc1ccc(C(c2c[nH]c3ccccc23)N(C)C)cc1O. The van der Waals surface area contributed by atoms with Crippen molar-refractivity contribution in [3.63, 3.8) is 0 Å². The number of nitrogens with zero attached hydrogens (tertiary/aromatic N) is 1. The number of hydrogen-bond donors (Lipinski definition) is 2. The van der Waals surface area contributed by atoms with Gasteiger partial charge in [0.15, 0.2) is 11.5 Å². The highest BCUT2D eigenvalue weighted by Gasteiger charge is 2.21. The Bertz CT molecular complexity index is 793. The van der Waals surface area contributed by atoms with Gasteiger partial charge in [0.2, 0.25) is 0 Å². The molecule has 0 fully saturated rings. The van der Waals surface area contributed by atoms with Crippen molar-refractivity contribution in [3.8, 4) is 11.5 Å². The Morgan fingerprint density at radius 3 is 2.59 bits per heavy atom. The number of phenolic OH excluding ortho intramolecular Hbond substituents is 1. The van der Waals surface area contributed by atoms with Crippen molar-refractivity contribution in [1.82, 2.24) is 9.88 Å². The maximum atomic E-state index is 10.1. The third-order valence-electron chi connectivity index (χ3n) is 3.95. The first-order valence-electron chi connectivity index (χ1n) is 7.21. The predicted molar refractivity (Wildman–Crippen MR) is 88.5 cm³/mol. The molecule has 2 N–H and O–H groups in total. The van der Waals surface area contributed by atoms with Crippen molar-refractivity contribution in [2.45, 2.75) is 6.04 Å². The van der Waals surface area contributed by atoms with E-state index in [0.29, 0.717) is 5.75 Å². The van der Waals surface area contributed by atoms with Crippen LogP contribution in [0.4, 0.5) is 0 Å². The first kappa shape index (κ1) is 14.5. The number of aromatic nitrogens is 1. The predicted octanol–water partition coefficient (Wildman–Crippen LogP) is 3.53. The molecule has 0 aliphatic rings. The van der Waals surface area contributed by atoms with Gasteiger partial charge in [0.05, 0.1) is 13.2 Å². The Morgan fingerprint density at radius 2 is 1.91 bits per heavy atom. The summed E-state index contributed by atoms with van der Waals surface area (Å²) >= 11 is 0. The standard InChI is InChI=1S/C18H20N2O2/c1-20(2)18(12-8-9-17(22-3)16(21)10-12)14-11-19-15-7-5-4-6-13(14)15/h4-11,18-19,21H,1-3H3. The molecule has 4 heteroatoms. The van der Waals surface area contributed by atoms with E-state index in [4.69, 9.17) is 4.74 Å². The molecule has 0 saturated heterocycles. The molecule has 1 heterocycles. The van der Waals surface area contributed by atoms with E-state index >= 15 is 0 Å². The number of benzene rings is 2. The van der Waals surface area contributed by atoms with Crippen molar-refractivity contribution in [1.29, 1.82) is 0 Å². The highest BCUT2D eigenvalue weighted by Crippen LogP contribution is 2.36. The molecule has 1 aromatic heterocycles. The second kappa shape index (κ2) is 5.73. The van der Waals surface area contributed by atoms with Crippen LogP contribution in [-0.2, 0) is 0 Å². The van der Waals surface area contributed by atoms with Gasteiger partial charge in [-0.2, -0.15) is 0 Å². The number of nitrogens with one attached hydrogen (secondary N) is 1. The maximum absolute atomic E-state index is 10.1. The minimum absolute atomic E-state index is 0.0490. The molecule has 114 valence electrons. The lowest BCUT2D eigenvalue weighted by molar-refractivity contribution is 0.340. The van der Waals surface area contributed by atoms with Gasteiger partial charge >= 0.3 is 0 Å². The number of aromatic hydroxyl groups is 1. The number of para-hydroxylation sites is 1. The van der Waals surface area contributed by atoms with E-state index in [1.54, 1.807) is 19.2 Å². The minimum Gasteiger partial charge on any atom is -0.504 e. The van der Waals surface area contributed by atoms with Crippen LogP contribution in [0.3, 0.4) is 0 Å². The lowest BCUT2D eigenvalue weighted by Gasteiger charge is -2.25. The summed E-state index contributed by atoms with van der Waals surface area (Å²) in [6.07, 6.45) is 2.04. The summed E-state index contributed by atoms with van der Waals surface area (Å²) in [7, 11) is 5.62. The van der Waals surface area contributed by atoms with Gasteiger partial charge in [0.25, 0.3) is 0 Å². The van der Waals surface area contributed by atoms with Gasteiger partial charge in [-0.25, -0.2) is 0 Å². The Labute approximate surface area is 130 Å². The third kappa shape index (κ3) is 2.42. The van der Waals surface area contributed by atoms with E-state index < -0.39 is 0 Å². The Morgan fingerprint density at radius 1 is 1.14 bits per heavy atom. The normalized spacial score (nSPS) is 12.7. The number of methoxy groups -OCH3 is 1. The lowest BCUT2D eigenvalue weighted by atomic mass is 9.97. The van der Waals surface area contributed by atoms with Crippen molar-refractivity contribution in [2.24, 2.45) is 0 Å². The number of H-pyrrole nitrogens is 1. The molecule has 2 aromatic carbocycles. The highest BCUT2D eigenvalue weighted by atomic mass is 16.5. The first-order chi connectivity index (χ1) is 10.6. The van der Waals surface area contributed by atoms with Gasteiger partial charge < -0.3 is 14.8 Å². The van der Waals surface area contributed by atoms with Crippen molar-refractivity contribution in [3.05, 3.63) is 59.8 Å². The van der Waals surface area contributed by atoms with Crippen LogP contribution in [0.2, 0.25) is 0 Å². The summed E-state index contributed by atoms with van der Waals surface area (Å²) in [5.74, 6) is 0.645. The van der Waals surface area contributed by atoms with E-state index in [-0.39, 0.29) is 11.8 Å². The van der Waals surface area contributed by atoms with Crippen LogP contribution >= 0.6 is 0 Å². The van der Waals surface area contributed by atoms with Gasteiger partial charge in [-0.3, -0.25) is 4.90 Å². The van der Waals surface area contributed by atoms with Crippen molar-refractivity contribution < 1.29 is 9.84 Å². The summed E-state index contributed by atoms with van der Waals surface area (Å²) in [4.78, 5) is 5.45. The number of aromatic amines is 1. The topological polar surface area (TPSA) is 48.5 Å². The van der Waals surface area contributed by atoms with E-state index in [0.717, 1.165) is 11.1 Å². The van der Waals surface area contributed by atoms with E-state index in [9.17, 15) is 5.11 Å². The van der Waals surface area contributed by atoms with Gasteiger partial charge in [0, 0.05) is 17.1 Å². The molecule has 1 atom stereocenters. The van der Waals surface area contributed by atoms with Crippen LogP contribution in [0.5, 0.6) is 11.5 Å². The Balaban J connectivity index is 2.12. The average Bonchev–Trinajstić information content (AvgIpc) is 2.91. The molecule has 0 aliphatic carbocycles. The van der Waals surface area contributed by atoms with Crippen LogP contribution in [0.25, 0.3) is 10.9 Å². The zero-order chi connectivity index (χ0) is 15.7. The summed E-state index contributed by atoms with van der Waals surface area (Å²) in [6, 6.07) is 13.8. The highest BCUT2D eigenvalue weighted by molar-refractivity contribution is 5.84. The maximum Gasteiger partial charge on any atom is 0.160 e. The number of phenols is 1. The van der Waals surface area contributed by atoms with Gasteiger partial charge in [-0.05, 0) is 43.4 Å². The second-order valence-corrected chi connectivity index (χ2v) is 5.59. The first-order valence-corrected chi connectivity index (χ1v) is 7.21. The fourth-order valence-corrected chi connectivity index (χ4v) is 2.95. The van der Waals surface area contributed by atoms with Crippen LogP contribution in [0.15, 0.2) is 48.7 Å². The van der Waals surface area contributed by atoms with Crippen molar-refractivity contribution >= 4 is 10.9 Å².